The minimum atomic E-state index is 0.0152. The highest BCUT2D eigenvalue weighted by atomic mass is 79.9. The number of nitrogens with zero attached hydrogens (tertiary/aromatic N) is 3. The first-order valence-electron chi connectivity index (χ1n) is 6.97. The van der Waals surface area contributed by atoms with Crippen LogP contribution in [0.4, 0.5) is 0 Å². The lowest BCUT2D eigenvalue weighted by Gasteiger charge is -2.21. The molecule has 0 N–H and O–H groups in total. The lowest BCUT2D eigenvalue weighted by molar-refractivity contribution is -0.131. The van der Waals surface area contributed by atoms with E-state index in [-0.39, 0.29) is 5.91 Å². The molecule has 0 aliphatic carbocycles. The lowest BCUT2D eigenvalue weighted by atomic mass is 10.1. The average molecular weight is 358 g/mol. The van der Waals surface area contributed by atoms with Gasteiger partial charge in [0.25, 0.3) is 0 Å². The molecule has 1 amide bonds. The van der Waals surface area contributed by atoms with Crippen LogP contribution >= 0.6 is 15.9 Å². The summed E-state index contributed by atoms with van der Waals surface area (Å²) in [6, 6.07) is 13.6. The fourth-order valence-corrected chi connectivity index (χ4v) is 2.34. The molecular weight excluding hydrogens is 342 g/mol. The summed E-state index contributed by atoms with van der Waals surface area (Å²) in [7, 11) is 0. The second-order valence-corrected chi connectivity index (χ2v) is 5.80. The van der Waals surface area contributed by atoms with Crippen molar-refractivity contribution in [1.29, 1.82) is 5.26 Å². The third kappa shape index (κ3) is 4.97. The van der Waals surface area contributed by atoms with Crippen LogP contribution in [-0.4, -0.2) is 22.3 Å². The number of aromatic nitrogens is 1. The van der Waals surface area contributed by atoms with Gasteiger partial charge in [0, 0.05) is 30.0 Å². The molecule has 1 aromatic heterocycles. The number of halogens is 1. The summed E-state index contributed by atoms with van der Waals surface area (Å²) in [6.07, 6.45) is 4.10. The molecule has 22 heavy (non-hydrogen) atoms. The highest BCUT2D eigenvalue weighted by molar-refractivity contribution is 9.10. The van der Waals surface area contributed by atoms with Crippen LogP contribution in [0.2, 0.25) is 0 Å². The molecule has 0 saturated carbocycles. The lowest BCUT2D eigenvalue weighted by Crippen LogP contribution is -2.32. The molecule has 0 unspecified atom stereocenters. The molecule has 2 aromatic rings. The predicted octanol–water partition coefficient (Wildman–Crippen LogP) is 3.33. The quantitative estimate of drug-likeness (QED) is 0.796. The molecule has 0 aliphatic rings. The zero-order chi connectivity index (χ0) is 15.8. The molecular formula is C17H16BrN3O. The van der Waals surface area contributed by atoms with Crippen LogP contribution < -0.4 is 0 Å². The zero-order valence-corrected chi connectivity index (χ0v) is 13.7. The van der Waals surface area contributed by atoms with Crippen molar-refractivity contribution >= 4 is 21.8 Å². The molecule has 1 aromatic carbocycles. The molecule has 4 nitrogen and oxygen atoms in total. The third-order valence-corrected chi connectivity index (χ3v) is 3.74. The van der Waals surface area contributed by atoms with Crippen LogP contribution in [0.15, 0.2) is 53.3 Å². The van der Waals surface area contributed by atoms with Crippen molar-refractivity contribution in [3.8, 4) is 6.07 Å². The van der Waals surface area contributed by atoms with E-state index in [1.807, 2.05) is 36.4 Å². The van der Waals surface area contributed by atoms with Crippen LogP contribution in [0, 0.1) is 11.3 Å². The van der Waals surface area contributed by atoms with Gasteiger partial charge in [-0.15, -0.1) is 0 Å². The summed E-state index contributed by atoms with van der Waals surface area (Å²) in [6.45, 7) is 0.908. The fourth-order valence-electron chi connectivity index (χ4n) is 2.08. The summed E-state index contributed by atoms with van der Waals surface area (Å²) < 4.78 is 0.986. The molecule has 0 spiro atoms. The molecule has 0 radical (unpaired) electrons. The smallest absolute Gasteiger partial charge is 0.227 e. The van der Waals surface area contributed by atoms with Gasteiger partial charge in [-0.2, -0.15) is 5.26 Å². The maximum Gasteiger partial charge on any atom is 0.227 e. The largest absolute Gasteiger partial charge is 0.337 e. The normalized spacial score (nSPS) is 10.0. The van der Waals surface area contributed by atoms with Crippen molar-refractivity contribution in [2.24, 2.45) is 0 Å². The van der Waals surface area contributed by atoms with Gasteiger partial charge in [0.2, 0.25) is 5.91 Å². The Hall–Kier alpha value is -2.19. The van der Waals surface area contributed by atoms with Gasteiger partial charge in [0.05, 0.1) is 18.9 Å². The standard InChI is InChI=1S/C17H16BrN3O/c18-16-6-4-14(5-7-16)11-17(22)21(10-2-8-19)13-15-3-1-9-20-12-15/h1,3-7,9,12H,2,10-11,13H2. The number of carbonyl (C=O) groups is 1. The Kier molecular flexibility index (Phi) is 6.11. The Morgan fingerprint density at radius 3 is 2.64 bits per heavy atom. The Morgan fingerprint density at radius 2 is 2.00 bits per heavy atom. The van der Waals surface area contributed by atoms with Gasteiger partial charge in [-0.25, -0.2) is 0 Å². The van der Waals surface area contributed by atoms with Gasteiger partial charge in [0.15, 0.2) is 0 Å². The van der Waals surface area contributed by atoms with Gasteiger partial charge in [-0.3, -0.25) is 9.78 Å². The van der Waals surface area contributed by atoms with Crippen LogP contribution in [0.3, 0.4) is 0 Å². The van der Waals surface area contributed by atoms with E-state index < -0.39 is 0 Å². The number of rotatable bonds is 6. The Morgan fingerprint density at radius 1 is 1.23 bits per heavy atom. The maximum atomic E-state index is 12.5. The first kappa shape index (κ1) is 16.2. The minimum absolute atomic E-state index is 0.0152. The van der Waals surface area contributed by atoms with E-state index >= 15 is 0 Å². The van der Waals surface area contributed by atoms with E-state index in [0.717, 1.165) is 15.6 Å². The molecule has 0 bridgehead atoms. The monoisotopic (exact) mass is 357 g/mol. The highest BCUT2D eigenvalue weighted by Crippen LogP contribution is 2.13. The molecule has 0 aliphatic heterocycles. The predicted molar refractivity (Wildman–Crippen MR) is 87.7 cm³/mol. The van der Waals surface area contributed by atoms with Gasteiger partial charge >= 0.3 is 0 Å². The van der Waals surface area contributed by atoms with Crippen molar-refractivity contribution in [2.45, 2.75) is 19.4 Å². The summed E-state index contributed by atoms with van der Waals surface area (Å²) in [5.74, 6) is 0.0152. The molecule has 5 heteroatoms. The number of carbonyl (C=O) groups excluding carboxylic acids is 1. The molecule has 0 saturated heterocycles. The molecule has 112 valence electrons. The van der Waals surface area contributed by atoms with Crippen molar-refractivity contribution < 1.29 is 4.79 Å². The van der Waals surface area contributed by atoms with E-state index in [4.69, 9.17) is 5.26 Å². The minimum Gasteiger partial charge on any atom is -0.337 e. The van der Waals surface area contributed by atoms with Crippen LogP contribution in [-0.2, 0) is 17.8 Å². The van der Waals surface area contributed by atoms with Crippen molar-refractivity contribution in [2.75, 3.05) is 6.54 Å². The Bertz CT molecular complexity index is 650. The number of benzene rings is 1. The average Bonchev–Trinajstić information content (AvgIpc) is 2.54. The third-order valence-electron chi connectivity index (χ3n) is 3.21. The number of amides is 1. The van der Waals surface area contributed by atoms with Crippen molar-refractivity contribution in [3.63, 3.8) is 0 Å². The summed E-state index contributed by atoms with van der Waals surface area (Å²) in [5, 5.41) is 8.78. The maximum absolute atomic E-state index is 12.5. The molecule has 0 fully saturated rings. The van der Waals surface area contributed by atoms with Crippen molar-refractivity contribution in [1.82, 2.24) is 9.88 Å². The van der Waals surface area contributed by atoms with Crippen LogP contribution in [0.1, 0.15) is 17.5 Å². The summed E-state index contributed by atoms with van der Waals surface area (Å²) in [5.41, 5.74) is 1.92. The zero-order valence-electron chi connectivity index (χ0n) is 12.1. The Labute approximate surface area is 138 Å². The van der Waals surface area contributed by atoms with Gasteiger partial charge in [0.1, 0.15) is 0 Å². The van der Waals surface area contributed by atoms with E-state index in [1.54, 1.807) is 17.3 Å². The van der Waals surface area contributed by atoms with E-state index in [0.29, 0.717) is 25.9 Å². The number of hydrogen-bond donors (Lipinski definition) is 0. The SMILES string of the molecule is N#CCCN(Cc1cccnc1)C(=O)Cc1ccc(Br)cc1. The number of nitriles is 1. The van der Waals surface area contributed by atoms with Crippen LogP contribution in [0.5, 0.6) is 0 Å². The summed E-state index contributed by atoms with van der Waals surface area (Å²) >= 11 is 3.38. The van der Waals surface area contributed by atoms with Gasteiger partial charge in [-0.05, 0) is 29.3 Å². The first-order valence-corrected chi connectivity index (χ1v) is 7.76. The van der Waals surface area contributed by atoms with Gasteiger partial charge < -0.3 is 4.90 Å². The van der Waals surface area contributed by atoms with E-state index in [9.17, 15) is 4.79 Å². The molecule has 0 atom stereocenters. The number of hydrogen-bond acceptors (Lipinski definition) is 3. The number of pyridine rings is 1. The highest BCUT2D eigenvalue weighted by Gasteiger charge is 2.14. The topological polar surface area (TPSA) is 57.0 Å². The molecule has 1 heterocycles. The van der Waals surface area contributed by atoms with Crippen LogP contribution in [0.25, 0.3) is 0 Å². The van der Waals surface area contributed by atoms with E-state index in [1.165, 1.54) is 0 Å². The fraction of sp³-hybridized carbons (Fsp3) is 0.235. The second-order valence-electron chi connectivity index (χ2n) is 4.89. The summed E-state index contributed by atoms with van der Waals surface area (Å²) in [4.78, 5) is 18.3. The second kappa shape index (κ2) is 8.30. The Balaban J connectivity index is 2.05. The van der Waals surface area contributed by atoms with E-state index in [2.05, 4.69) is 27.0 Å². The van der Waals surface area contributed by atoms with Crippen molar-refractivity contribution in [3.05, 3.63) is 64.4 Å². The van der Waals surface area contributed by atoms with Gasteiger partial charge in [-0.1, -0.05) is 34.1 Å². The molecule has 2 rings (SSSR count). The first-order chi connectivity index (χ1) is 10.7.